The third-order valence-corrected chi connectivity index (χ3v) is 5.93. The van der Waals surface area contributed by atoms with Gasteiger partial charge in [-0.15, -0.1) is 0 Å². The Kier molecular flexibility index (Phi) is 9.51. The summed E-state index contributed by atoms with van der Waals surface area (Å²) in [6, 6.07) is 15.1. The lowest BCUT2D eigenvalue weighted by atomic mass is 10.1. The fourth-order valence-corrected chi connectivity index (χ4v) is 4.07. The molecule has 0 amide bonds. The number of aliphatic imine (C=N–C) groups is 1. The molecule has 0 unspecified atom stereocenters. The number of carbonyl (C=O) groups excluding carboxylic acids is 1. The molecule has 3 aromatic rings. The molecule has 0 fully saturated rings. The smallest absolute Gasteiger partial charge is 0.430 e. The van der Waals surface area contributed by atoms with Gasteiger partial charge in [0.2, 0.25) is 17.3 Å². The number of nitrogens with zero attached hydrogens (tertiary/aromatic N) is 3. The summed E-state index contributed by atoms with van der Waals surface area (Å²) in [6.45, 7) is 6.83. The highest BCUT2D eigenvalue weighted by molar-refractivity contribution is 9.10. The Hall–Kier alpha value is -3.71. The maximum absolute atomic E-state index is 13.5. The maximum Gasteiger partial charge on any atom is 0.430 e. The molecule has 2 N–H and O–H groups in total. The minimum absolute atomic E-state index is 0.204. The molecule has 2 aromatic carbocycles. The number of carbonyl (C=O) groups is 1. The Bertz CT molecular complexity index is 1500. The second-order valence-electron chi connectivity index (χ2n) is 8.90. The number of aliphatic carboxylic acids is 1. The maximum atomic E-state index is 13.5. The van der Waals surface area contributed by atoms with Crippen LogP contribution in [0.25, 0.3) is 5.69 Å². The summed E-state index contributed by atoms with van der Waals surface area (Å²) in [7, 11) is 0. The molecular formula is C26H26BrF3N4O5. The molecule has 0 atom stereocenters. The first-order chi connectivity index (χ1) is 18.3. The van der Waals surface area contributed by atoms with E-state index in [-0.39, 0.29) is 11.5 Å². The Balaban J connectivity index is 0.000000532. The van der Waals surface area contributed by atoms with E-state index < -0.39 is 17.8 Å². The van der Waals surface area contributed by atoms with Crippen molar-refractivity contribution in [3.05, 3.63) is 79.4 Å². The first-order valence-electron chi connectivity index (χ1n) is 11.9. The van der Waals surface area contributed by atoms with Gasteiger partial charge >= 0.3 is 17.4 Å². The number of nitrogens with two attached hydrogens (primary N) is 1. The van der Waals surface area contributed by atoms with Gasteiger partial charge in [-0.1, -0.05) is 54.0 Å². The second kappa shape index (κ2) is 12.4. The summed E-state index contributed by atoms with van der Waals surface area (Å²) in [6.07, 6.45) is -4.62. The van der Waals surface area contributed by atoms with Gasteiger partial charge in [0.1, 0.15) is 11.7 Å². The molecule has 0 bridgehead atoms. The molecule has 1 aliphatic heterocycles. The number of hydrogen-bond donors (Lipinski definition) is 1. The summed E-state index contributed by atoms with van der Waals surface area (Å²) < 4.78 is 41.1. The molecule has 0 spiro atoms. The van der Waals surface area contributed by atoms with Crippen molar-refractivity contribution in [2.45, 2.75) is 39.9 Å². The largest absolute Gasteiger partial charge is 0.542 e. The van der Waals surface area contributed by atoms with Gasteiger partial charge in [0, 0.05) is 11.0 Å². The van der Waals surface area contributed by atoms with Crippen LogP contribution in [0.1, 0.15) is 26.3 Å². The SMILES string of the molecule is CCOc1ccccc1-n1c(=O)c2c(n(CC(C)C)c1=O)N=C(Cc1ccc(Br)cc1)[NH2+]2.O=C([O-])C(F)(F)F. The van der Waals surface area contributed by atoms with Crippen molar-refractivity contribution in [2.75, 3.05) is 6.61 Å². The normalized spacial score (nSPS) is 12.5. The third-order valence-electron chi connectivity index (χ3n) is 5.40. The molecule has 1 aromatic heterocycles. The van der Waals surface area contributed by atoms with Crippen LogP contribution in [0, 0.1) is 5.92 Å². The number of quaternary nitrogens is 1. The van der Waals surface area contributed by atoms with Gasteiger partial charge in [0.25, 0.3) is 0 Å². The zero-order valence-electron chi connectivity index (χ0n) is 21.3. The van der Waals surface area contributed by atoms with Crippen LogP contribution < -0.4 is 26.4 Å². The van der Waals surface area contributed by atoms with Gasteiger partial charge < -0.3 is 14.6 Å². The number of para-hydroxylation sites is 2. The number of carboxylic acid groups (broad SMARTS) is 1. The van der Waals surface area contributed by atoms with Crippen LogP contribution in [0.3, 0.4) is 0 Å². The first kappa shape index (κ1) is 29.8. The summed E-state index contributed by atoms with van der Waals surface area (Å²) in [5.41, 5.74) is 1.17. The van der Waals surface area contributed by atoms with E-state index in [1.54, 1.807) is 28.1 Å². The summed E-state index contributed by atoms with van der Waals surface area (Å²) >= 11 is 3.45. The molecular weight excluding hydrogens is 585 g/mol. The minimum Gasteiger partial charge on any atom is -0.542 e. The van der Waals surface area contributed by atoms with Gasteiger partial charge in [-0.25, -0.2) is 9.36 Å². The van der Waals surface area contributed by atoms with Gasteiger partial charge in [0.05, 0.1) is 18.7 Å². The highest BCUT2D eigenvalue weighted by Gasteiger charge is 2.31. The average Bonchev–Trinajstić information content (AvgIpc) is 3.28. The zero-order chi connectivity index (χ0) is 28.9. The Morgan fingerprint density at radius 2 is 1.74 bits per heavy atom. The van der Waals surface area contributed by atoms with Crippen LogP contribution in [-0.4, -0.2) is 33.7 Å². The Morgan fingerprint density at radius 1 is 1.13 bits per heavy atom. The standard InChI is InChI=1S/C24H25BrN4O3.C2HF3O2/c1-4-32-19-8-6-5-7-18(19)29-23(30)21-22(28(24(29)31)14-15(2)3)27-20(26-21)13-16-9-11-17(25)12-10-16;3-2(4,5)1(6)7/h5-12,15H,4,13-14H2,1-3H3,(H,26,27);(H,6,7). The van der Waals surface area contributed by atoms with Crippen LogP contribution in [0.4, 0.5) is 24.7 Å². The summed E-state index contributed by atoms with van der Waals surface area (Å²) in [5, 5.41) is 10.6. The number of halogens is 4. The van der Waals surface area contributed by atoms with Gasteiger partial charge in [0.15, 0.2) is 0 Å². The van der Waals surface area contributed by atoms with Gasteiger partial charge in [-0.05, 0) is 42.7 Å². The van der Waals surface area contributed by atoms with E-state index in [0.29, 0.717) is 42.5 Å². The number of hydrogen-bond acceptors (Lipinski definition) is 6. The lowest BCUT2D eigenvalue weighted by Gasteiger charge is -2.16. The summed E-state index contributed by atoms with van der Waals surface area (Å²) in [5.74, 6) is -1.11. The van der Waals surface area contributed by atoms with Crippen LogP contribution in [0.2, 0.25) is 0 Å². The monoisotopic (exact) mass is 610 g/mol. The van der Waals surface area contributed by atoms with Crippen LogP contribution in [0.5, 0.6) is 5.75 Å². The number of rotatable bonds is 7. The third kappa shape index (κ3) is 7.24. The number of carboxylic acids is 1. The fourth-order valence-electron chi connectivity index (χ4n) is 3.81. The van der Waals surface area contributed by atoms with Crippen molar-refractivity contribution in [1.29, 1.82) is 0 Å². The molecule has 0 aliphatic carbocycles. The van der Waals surface area contributed by atoms with Crippen molar-refractivity contribution >= 4 is 39.2 Å². The number of aromatic nitrogens is 2. The predicted molar refractivity (Wildman–Crippen MR) is 140 cm³/mol. The molecule has 208 valence electrons. The Labute approximate surface area is 229 Å². The van der Waals surface area contributed by atoms with Crippen molar-refractivity contribution < 1.29 is 33.1 Å². The molecule has 2 heterocycles. The molecule has 13 heteroatoms. The molecule has 9 nitrogen and oxygen atoms in total. The van der Waals surface area contributed by atoms with E-state index in [0.717, 1.165) is 15.9 Å². The average molecular weight is 611 g/mol. The van der Waals surface area contributed by atoms with Crippen molar-refractivity contribution in [1.82, 2.24) is 9.13 Å². The van der Waals surface area contributed by atoms with E-state index in [1.165, 1.54) is 4.57 Å². The lowest BCUT2D eigenvalue weighted by Crippen LogP contribution is -2.83. The lowest BCUT2D eigenvalue weighted by molar-refractivity contribution is -0.442. The second-order valence-corrected chi connectivity index (χ2v) is 9.82. The Morgan fingerprint density at radius 3 is 2.31 bits per heavy atom. The van der Waals surface area contributed by atoms with E-state index in [9.17, 15) is 22.8 Å². The predicted octanol–water partition coefficient (Wildman–Crippen LogP) is 2.60. The molecule has 0 saturated heterocycles. The number of benzene rings is 2. The van der Waals surface area contributed by atoms with E-state index in [4.69, 9.17) is 19.6 Å². The number of alkyl halides is 3. The topological polar surface area (TPSA) is 122 Å². The molecule has 0 saturated carbocycles. The van der Waals surface area contributed by atoms with Crippen LogP contribution >= 0.6 is 15.9 Å². The first-order valence-corrected chi connectivity index (χ1v) is 12.7. The van der Waals surface area contributed by atoms with E-state index in [1.807, 2.05) is 51.1 Å². The fraction of sp³-hybridized carbons (Fsp3) is 0.308. The highest BCUT2D eigenvalue weighted by atomic mass is 79.9. The quantitative estimate of drug-likeness (QED) is 0.441. The molecule has 1 aliphatic rings. The molecule has 0 radical (unpaired) electrons. The van der Waals surface area contributed by atoms with Crippen molar-refractivity contribution in [3.8, 4) is 11.4 Å². The molecule has 4 rings (SSSR count). The van der Waals surface area contributed by atoms with E-state index >= 15 is 0 Å². The van der Waals surface area contributed by atoms with Crippen molar-refractivity contribution in [2.24, 2.45) is 10.9 Å². The van der Waals surface area contributed by atoms with Crippen LogP contribution in [-0.2, 0) is 17.8 Å². The van der Waals surface area contributed by atoms with Gasteiger partial charge in [-0.3, -0.25) is 14.7 Å². The minimum atomic E-state index is -5.19. The number of ether oxygens (including phenoxy) is 1. The van der Waals surface area contributed by atoms with E-state index in [2.05, 4.69) is 15.9 Å². The summed E-state index contributed by atoms with van der Waals surface area (Å²) in [4.78, 5) is 40.5. The number of fused-ring (bicyclic) bond motifs is 1. The highest BCUT2D eigenvalue weighted by Crippen LogP contribution is 2.25. The number of amidine groups is 1. The zero-order valence-corrected chi connectivity index (χ0v) is 22.9. The van der Waals surface area contributed by atoms with Gasteiger partial charge in [-0.2, -0.15) is 18.2 Å². The molecule has 39 heavy (non-hydrogen) atoms. The van der Waals surface area contributed by atoms with Crippen molar-refractivity contribution in [3.63, 3.8) is 0 Å². The van der Waals surface area contributed by atoms with Crippen LogP contribution in [0.15, 0.2) is 67.6 Å².